The Balaban J connectivity index is 1.31. The van der Waals surface area contributed by atoms with E-state index in [0.29, 0.717) is 12.8 Å². The first-order chi connectivity index (χ1) is 22.6. The Morgan fingerprint density at radius 3 is 2.60 bits per heavy atom. The Hall–Kier alpha value is -3.50. The molecular formula is C33H45N5O10. The van der Waals surface area contributed by atoms with Crippen LogP contribution in [0.2, 0.25) is 0 Å². The second-order valence-electron chi connectivity index (χ2n) is 14.9. The van der Waals surface area contributed by atoms with Crippen molar-refractivity contribution in [3.8, 4) is 0 Å². The third kappa shape index (κ3) is 4.88. The highest BCUT2D eigenvalue weighted by molar-refractivity contribution is 5.85. The number of ketones is 1. The summed E-state index contributed by atoms with van der Waals surface area (Å²) in [6.07, 6.45) is 0.662. The van der Waals surface area contributed by atoms with Crippen molar-refractivity contribution in [3.63, 3.8) is 0 Å². The molecule has 2 aromatic heterocycles. The third-order valence-electron chi connectivity index (χ3n) is 12.6. The molecule has 3 saturated carbocycles. The van der Waals surface area contributed by atoms with Gasteiger partial charge in [0.15, 0.2) is 11.8 Å². The van der Waals surface area contributed by atoms with E-state index in [4.69, 9.17) is 9.47 Å². The molecule has 1 saturated heterocycles. The quantitative estimate of drug-likeness (QED) is 0.197. The predicted molar refractivity (Wildman–Crippen MR) is 167 cm³/mol. The average Bonchev–Trinajstić information content (AvgIpc) is 3.73. The van der Waals surface area contributed by atoms with Crippen molar-refractivity contribution in [1.82, 2.24) is 24.5 Å². The van der Waals surface area contributed by atoms with Gasteiger partial charge in [0.1, 0.15) is 36.3 Å². The molecule has 6 rings (SSSR count). The van der Waals surface area contributed by atoms with Gasteiger partial charge in [-0.15, -0.1) is 11.7 Å². The van der Waals surface area contributed by atoms with Gasteiger partial charge in [0.2, 0.25) is 0 Å². The normalized spacial score (nSPS) is 42.5. The van der Waals surface area contributed by atoms with Crippen LogP contribution in [0, 0.1) is 34.0 Å². The summed E-state index contributed by atoms with van der Waals surface area (Å²) in [5, 5.41) is 52.2. The van der Waals surface area contributed by atoms with Gasteiger partial charge in [0, 0.05) is 35.4 Å². The lowest BCUT2D eigenvalue weighted by atomic mass is 9.44. The second-order valence-corrected chi connectivity index (χ2v) is 14.9. The fraction of sp³-hybridized carbons (Fsp3) is 0.697. The Morgan fingerprint density at radius 1 is 1.21 bits per heavy atom. The maximum Gasteiger partial charge on any atom is 0.330 e. The van der Waals surface area contributed by atoms with Crippen molar-refractivity contribution in [3.05, 3.63) is 57.6 Å². The van der Waals surface area contributed by atoms with E-state index in [2.05, 4.69) is 28.8 Å². The number of esters is 1. The van der Waals surface area contributed by atoms with Crippen molar-refractivity contribution in [2.75, 3.05) is 6.61 Å². The van der Waals surface area contributed by atoms with Crippen LogP contribution in [0.4, 0.5) is 0 Å². The zero-order valence-corrected chi connectivity index (χ0v) is 27.6. The van der Waals surface area contributed by atoms with Crippen LogP contribution in [0.25, 0.3) is 0 Å². The maximum absolute atomic E-state index is 13.7. The van der Waals surface area contributed by atoms with Crippen molar-refractivity contribution in [1.29, 1.82) is 0 Å². The number of carbonyl (C=O) groups is 2. The van der Waals surface area contributed by atoms with Crippen LogP contribution in [-0.2, 0) is 31.2 Å². The third-order valence-corrected chi connectivity index (χ3v) is 12.6. The Kier molecular flexibility index (Phi) is 8.47. The van der Waals surface area contributed by atoms with Gasteiger partial charge in [-0.3, -0.25) is 23.9 Å². The minimum atomic E-state index is -2.42. The van der Waals surface area contributed by atoms with Crippen LogP contribution in [0.5, 0.6) is 0 Å². The number of rotatable bonds is 7. The van der Waals surface area contributed by atoms with Crippen LogP contribution in [-0.4, -0.2) is 87.7 Å². The summed E-state index contributed by atoms with van der Waals surface area (Å²) in [7, 11) is 0. The summed E-state index contributed by atoms with van der Waals surface area (Å²) >= 11 is 0. The van der Waals surface area contributed by atoms with E-state index in [1.165, 1.54) is 6.20 Å². The number of carbonyl (C=O) groups excluding carboxylic acids is 2. The molecule has 15 heteroatoms. The number of nitrogens with one attached hydrogen (secondary N) is 1. The number of ether oxygens (including phenoxy) is 2. The van der Waals surface area contributed by atoms with Crippen LogP contribution in [0.3, 0.4) is 0 Å². The van der Waals surface area contributed by atoms with Gasteiger partial charge in [-0.1, -0.05) is 39.0 Å². The van der Waals surface area contributed by atoms with Crippen LogP contribution >= 0.6 is 0 Å². The van der Waals surface area contributed by atoms with E-state index < -0.39 is 88.8 Å². The summed E-state index contributed by atoms with van der Waals surface area (Å²) < 4.78 is 13.9. The smallest absolute Gasteiger partial charge is 0.330 e. The Bertz CT molecular complexity index is 1720. The molecule has 4 fully saturated rings. The number of aliphatic hydroxyl groups excluding tert-OH is 3. The number of H-pyrrole nitrogens is 1. The SMILES string of the molecule is C=C[C@]1(C)C[C@@H](OC(=O)Cn2cc([C@]3(O)[C@H](O)[C@@H](CO)O[C@H]3n3ccc(=O)[nH]c3=O)nn2)[C@]2(C)[C@H](C)CC[C@]3(CCC(=O)[C@@H]32)[C@@H](C)[C@@H]1O. The molecule has 262 valence electrons. The van der Waals surface area contributed by atoms with Gasteiger partial charge in [-0.05, 0) is 42.9 Å². The first-order valence-corrected chi connectivity index (χ1v) is 16.5. The van der Waals surface area contributed by atoms with E-state index in [9.17, 15) is 39.6 Å². The molecule has 4 aliphatic rings. The van der Waals surface area contributed by atoms with Crippen LogP contribution in [0.1, 0.15) is 71.7 Å². The largest absolute Gasteiger partial charge is 0.460 e. The van der Waals surface area contributed by atoms with Crippen molar-refractivity contribution in [2.24, 2.45) is 34.0 Å². The highest BCUT2D eigenvalue weighted by Gasteiger charge is 2.68. The van der Waals surface area contributed by atoms with Crippen molar-refractivity contribution in [2.45, 2.75) is 103 Å². The molecule has 0 spiro atoms. The lowest BCUT2D eigenvalue weighted by Gasteiger charge is -2.61. The molecule has 48 heavy (non-hydrogen) atoms. The number of aliphatic hydroxyl groups is 4. The molecule has 0 radical (unpaired) electrons. The highest BCUT2D eigenvalue weighted by atomic mass is 16.6. The summed E-state index contributed by atoms with van der Waals surface area (Å²) in [6, 6.07) is 1.03. The molecule has 0 unspecified atom stereocenters. The number of Topliss-reactive ketones (excluding diaryl/α,β-unsaturated/α-hetero) is 1. The highest BCUT2D eigenvalue weighted by Crippen LogP contribution is 2.68. The zero-order valence-electron chi connectivity index (χ0n) is 27.6. The first-order valence-electron chi connectivity index (χ1n) is 16.5. The van der Waals surface area contributed by atoms with E-state index in [1.54, 1.807) is 6.08 Å². The van der Waals surface area contributed by atoms with Gasteiger partial charge in [-0.25, -0.2) is 9.48 Å². The summed E-state index contributed by atoms with van der Waals surface area (Å²) in [5.41, 5.74) is -6.27. The maximum atomic E-state index is 13.7. The van der Waals surface area contributed by atoms with Gasteiger partial charge in [0.05, 0.1) is 18.9 Å². The first kappa shape index (κ1) is 34.4. The molecule has 2 aromatic rings. The number of aromatic amines is 1. The van der Waals surface area contributed by atoms with Gasteiger partial charge >= 0.3 is 11.7 Å². The molecule has 3 heterocycles. The monoisotopic (exact) mass is 671 g/mol. The Labute approximate surface area is 276 Å². The Morgan fingerprint density at radius 2 is 1.94 bits per heavy atom. The number of nitrogens with zero attached hydrogens (tertiary/aromatic N) is 4. The molecule has 12 atom stereocenters. The molecule has 15 nitrogen and oxygen atoms in total. The van der Waals surface area contributed by atoms with Crippen molar-refractivity contribution < 1.29 is 39.5 Å². The second kappa shape index (κ2) is 11.8. The molecular weight excluding hydrogens is 626 g/mol. The van der Waals surface area contributed by atoms with E-state index in [-0.39, 0.29) is 29.7 Å². The standard InChI is InChI=1S/C33H45N5O10/c1-6-30(4)13-22(31(5)17(2)7-10-32(18(3)26(30)43)11-8-19(40)25(31)32)48-24(42)15-37-14-21(35-36-37)33(46)27(44)20(16-39)47-28(33)38-12-9-23(41)34-29(38)45/h6,9,12,14,17-18,20,22,25-28,39,43-44,46H,1,7-8,10-11,13,15-16H2,2-5H3,(H,34,41,45)/t17-,18+,20-,22-,25-,26+,27-,28-,30-,31+,32+,33+/m1/s1. The molecule has 3 aliphatic carbocycles. The van der Waals surface area contributed by atoms with Gasteiger partial charge in [0.25, 0.3) is 5.56 Å². The fourth-order valence-electron chi connectivity index (χ4n) is 9.47. The topological polar surface area (TPSA) is 219 Å². The summed E-state index contributed by atoms with van der Waals surface area (Å²) in [4.78, 5) is 53.6. The predicted octanol–water partition coefficient (Wildman–Crippen LogP) is 0.173. The van der Waals surface area contributed by atoms with E-state index in [0.717, 1.165) is 34.4 Å². The van der Waals surface area contributed by atoms with Crippen LogP contribution < -0.4 is 11.2 Å². The zero-order chi connectivity index (χ0) is 35.0. The molecule has 0 aromatic carbocycles. The number of hydrogen-bond donors (Lipinski definition) is 5. The molecule has 5 N–H and O–H groups in total. The average molecular weight is 672 g/mol. The molecule has 2 bridgehead atoms. The number of aromatic nitrogens is 5. The van der Waals surface area contributed by atoms with Gasteiger partial charge in [-0.2, -0.15) is 0 Å². The molecule has 1 aliphatic heterocycles. The van der Waals surface area contributed by atoms with E-state index >= 15 is 0 Å². The lowest BCUT2D eigenvalue weighted by Crippen LogP contribution is -2.63. The molecule has 0 amide bonds. The summed E-state index contributed by atoms with van der Waals surface area (Å²) in [5.74, 6) is -1.09. The minimum Gasteiger partial charge on any atom is -0.460 e. The number of hydrogen-bond acceptors (Lipinski definition) is 12. The van der Waals surface area contributed by atoms with Crippen LogP contribution in [0.15, 0.2) is 40.7 Å². The lowest BCUT2D eigenvalue weighted by molar-refractivity contribution is -0.207. The summed E-state index contributed by atoms with van der Waals surface area (Å²) in [6.45, 7) is 10.9. The van der Waals surface area contributed by atoms with E-state index in [1.807, 2.05) is 20.8 Å². The minimum absolute atomic E-state index is 0.0378. The van der Waals surface area contributed by atoms with Gasteiger partial charge < -0.3 is 29.9 Å². The fourth-order valence-corrected chi connectivity index (χ4v) is 9.47. The van der Waals surface area contributed by atoms with Crippen molar-refractivity contribution >= 4 is 11.8 Å².